The fourth-order valence-electron chi connectivity index (χ4n) is 1.68. The summed E-state index contributed by atoms with van der Waals surface area (Å²) in [6, 6.07) is 0.982. The lowest BCUT2D eigenvalue weighted by Crippen LogP contribution is -2.06. The second kappa shape index (κ2) is 5.94. The molecule has 0 aliphatic rings. The van der Waals surface area contributed by atoms with Crippen molar-refractivity contribution in [2.24, 2.45) is 7.05 Å². The van der Waals surface area contributed by atoms with Crippen LogP contribution in [0.15, 0.2) is 10.5 Å². The fraction of sp³-hybridized carbons (Fsp3) is 0.182. The molecule has 0 spiro atoms. The number of ether oxygens (including phenoxy) is 1. The number of hydrogen-bond donors (Lipinski definition) is 1. The number of aryl methyl sites for hydroxylation is 1. The average Bonchev–Trinajstić information content (AvgIpc) is 2.64. The first-order valence-corrected chi connectivity index (χ1v) is 6.89. The lowest BCUT2D eigenvalue weighted by atomic mass is 10.1. The van der Waals surface area contributed by atoms with Crippen molar-refractivity contribution in [2.45, 2.75) is 6.61 Å². The lowest BCUT2D eigenvalue weighted by Gasteiger charge is -2.08. The van der Waals surface area contributed by atoms with Crippen LogP contribution in [0.5, 0.6) is 5.88 Å². The Balaban J connectivity index is 2.66. The quantitative estimate of drug-likeness (QED) is 0.767. The minimum atomic E-state index is -3.09. The van der Waals surface area contributed by atoms with E-state index in [1.54, 1.807) is 0 Å². The third-order valence-electron chi connectivity index (χ3n) is 2.58. The largest absolute Gasteiger partial charge is 0.416 e. The predicted molar refractivity (Wildman–Crippen MR) is 77.4 cm³/mol. The van der Waals surface area contributed by atoms with Crippen molar-refractivity contribution < 1.29 is 17.9 Å². The van der Waals surface area contributed by atoms with E-state index in [1.807, 2.05) is 0 Å². The van der Waals surface area contributed by atoms with Gasteiger partial charge in [-0.25, -0.2) is 9.07 Å². The zero-order valence-electron chi connectivity index (χ0n) is 10.3. The van der Waals surface area contributed by atoms with E-state index in [9.17, 15) is 13.2 Å². The summed E-state index contributed by atoms with van der Waals surface area (Å²) in [6.45, 7) is -3.09. The van der Waals surface area contributed by atoms with Gasteiger partial charge in [-0.3, -0.25) is 0 Å². The Labute approximate surface area is 135 Å². The molecule has 1 heterocycles. The summed E-state index contributed by atoms with van der Waals surface area (Å²) in [4.78, 5) is 0. The Kier molecular flexibility index (Phi) is 4.60. The van der Waals surface area contributed by atoms with Crippen molar-refractivity contribution in [3.8, 4) is 17.1 Å². The first kappa shape index (κ1) is 16.3. The number of aromatic nitrogens is 2. The molecule has 0 fully saturated rings. The minimum Gasteiger partial charge on any atom is -0.416 e. The van der Waals surface area contributed by atoms with Crippen LogP contribution < -0.4 is 10.5 Å². The predicted octanol–water partition coefficient (Wildman–Crippen LogP) is 4.48. The molecule has 21 heavy (non-hydrogen) atoms. The van der Waals surface area contributed by atoms with Crippen LogP contribution in [0.3, 0.4) is 0 Å². The number of halogens is 6. The number of anilines is 1. The molecule has 10 heteroatoms. The minimum absolute atomic E-state index is 0.000711. The van der Waals surface area contributed by atoms with Gasteiger partial charge in [0.15, 0.2) is 0 Å². The molecule has 0 amide bonds. The summed E-state index contributed by atoms with van der Waals surface area (Å²) >= 11 is 14.8. The van der Waals surface area contributed by atoms with Gasteiger partial charge in [-0.15, -0.1) is 0 Å². The number of rotatable bonds is 3. The molecule has 1 aromatic heterocycles. The molecule has 1 aromatic carbocycles. The van der Waals surface area contributed by atoms with E-state index in [4.69, 9.17) is 28.9 Å². The Bertz CT molecular complexity index is 709. The molecule has 0 atom stereocenters. The van der Waals surface area contributed by atoms with Crippen LogP contribution in [0.1, 0.15) is 0 Å². The highest BCUT2D eigenvalue weighted by Crippen LogP contribution is 2.43. The third kappa shape index (κ3) is 2.93. The van der Waals surface area contributed by atoms with E-state index in [2.05, 4.69) is 25.8 Å². The maximum absolute atomic E-state index is 14.1. The van der Waals surface area contributed by atoms with Crippen LogP contribution in [0.25, 0.3) is 11.3 Å². The summed E-state index contributed by atoms with van der Waals surface area (Å²) in [5.41, 5.74) is 5.57. The SMILES string of the molecule is Cn1nc(-c2c(F)cc(Cl)c(N)c2Br)c(Cl)c1OC(F)F. The molecule has 4 nitrogen and oxygen atoms in total. The standard InChI is InChI=1S/C11H7BrCl2F3N3O/c1-20-10(21-11(16)17)7(14)9(19-20)5-4(15)2-3(13)8(18)6(5)12/h2,11H,18H2,1H3. The number of hydrogen-bond acceptors (Lipinski definition) is 3. The average molecular weight is 405 g/mol. The van der Waals surface area contributed by atoms with Gasteiger partial charge >= 0.3 is 6.61 Å². The number of benzene rings is 1. The molecule has 0 bridgehead atoms. The second-order valence-electron chi connectivity index (χ2n) is 3.91. The van der Waals surface area contributed by atoms with E-state index in [1.165, 1.54) is 7.05 Å². The normalized spacial score (nSPS) is 11.2. The number of nitrogens with two attached hydrogens (primary N) is 1. The first-order chi connectivity index (χ1) is 9.73. The highest BCUT2D eigenvalue weighted by atomic mass is 79.9. The van der Waals surface area contributed by atoms with Crippen LogP contribution in [0.4, 0.5) is 18.9 Å². The van der Waals surface area contributed by atoms with E-state index in [-0.39, 0.29) is 37.3 Å². The van der Waals surface area contributed by atoms with Crippen molar-refractivity contribution in [1.29, 1.82) is 0 Å². The van der Waals surface area contributed by atoms with Gasteiger partial charge < -0.3 is 10.5 Å². The Morgan fingerprint density at radius 1 is 1.43 bits per heavy atom. The molecule has 0 radical (unpaired) electrons. The molecular weight excluding hydrogens is 398 g/mol. The van der Waals surface area contributed by atoms with Crippen LogP contribution in [0, 0.1) is 5.82 Å². The zero-order valence-corrected chi connectivity index (χ0v) is 13.4. The van der Waals surface area contributed by atoms with Crippen LogP contribution in [-0.4, -0.2) is 16.4 Å². The molecule has 2 aromatic rings. The van der Waals surface area contributed by atoms with Gasteiger partial charge in [0.2, 0.25) is 5.88 Å². The molecule has 2 N–H and O–H groups in total. The fourth-order valence-corrected chi connectivity index (χ4v) is 2.87. The van der Waals surface area contributed by atoms with Crippen LogP contribution >= 0.6 is 39.1 Å². The van der Waals surface area contributed by atoms with Gasteiger partial charge in [-0.05, 0) is 22.0 Å². The van der Waals surface area contributed by atoms with Crippen molar-refractivity contribution in [3.05, 3.63) is 26.4 Å². The zero-order chi connectivity index (χ0) is 15.9. The lowest BCUT2D eigenvalue weighted by molar-refractivity contribution is -0.0552. The molecule has 0 saturated heterocycles. The van der Waals surface area contributed by atoms with Crippen LogP contribution in [0.2, 0.25) is 10.0 Å². The molecule has 114 valence electrons. The maximum atomic E-state index is 14.1. The van der Waals surface area contributed by atoms with Gasteiger partial charge in [0.1, 0.15) is 16.5 Å². The van der Waals surface area contributed by atoms with E-state index < -0.39 is 12.4 Å². The highest BCUT2D eigenvalue weighted by molar-refractivity contribution is 9.10. The molecule has 0 saturated carbocycles. The van der Waals surface area contributed by atoms with Crippen molar-refractivity contribution in [3.63, 3.8) is 0 Å². The molecule has 0 aliphatic heterocycles. The summed E-state index contributed by atoms with van der Waals surface area (Å²) in [7, 11) is 1.33. The molecular formula is C11H7BrCl2F3N3O. The van der Waals surface area contributed by atoms with Gasteiger partial charge in [0.05, 0.1) is 20.7 Å². The molecule has 0 aliphatic carbocycles. The summed E-state index contributed by atoms with van der Waals surface area (Å²) in [5, 5.41) is 3.62. The maximum Gasteiger partial charge on any atom is 0.388 e. The van der Waals surface area contributed by atoms with Crippen molar-refractivity contribution in [1.82, 2.24) is 9.78 Å². The Morgan fingerprint density at radius 3 is 2.62 bits per heavy atom. The summed E-state index contributed by atoms with van der Waals surface area (Å²) in [5.74, 6) is -1.15. The smallest absolute Gasteiger partial charge is 0.388 e. The van der Waals surface area contributed by atoms with Crippen LogP contribution in [-0.2, 0) is 7.05 Å². The van der Waals surface area contributed by atoms with E-state index in [0.29, 0.717) is 0 Å². The van der Waals surface area contributed by atoms with E-state index >= 15 is 0 Å². The van der Waals surface area contributed by atoms with Gasteiger partial charge in [0.25, 0.3) is 0 Å². The van der Waals surface area contributed by atoms with Gasteiger partial charge in [-0.2, -0.15) is 13.9 Å². The number of nitrogens with zero attached hydrogens (tertiary/aromatic N) is 2. The Hall–Kier alpha value is -1.12. The topological polar surface area (TPSA) is 53.1 Å². The second-order valence-corrected chi connectivity index (χ2v) is 5.49. The van der Waals surface area contributed by atoms with Gasteiger partial charge in [-0.1, -0.05) is 23.2 Å². The third-order valence-corrected chi connectivity index (χ3v) is 4.06. The van der Waals surface area contributed by atoms with Gasteiger partial charge in [0, 0.05) is 7.05 Å². The summed E-state index contributed by atoms with van der Waals surface area (Å²) in [6.07, 6.45) is 0. The van der Waals surface area contributed by atoms with Crippen molar-refractivity contribution >= 4 is 44.8 Å². The monoisotopic (exact) mass is 403 g/mol. The first-order valence-electron chi connectivity index (χ1n) is 5.34. The number of alkyl halides is 2. The number of nitrogen functional groups attached to an aromatic ring is 1. The van der Waals surface area contributed by atoms with Crippen molar-refractivity contribution in [2.75, 3.05) is 5.73 Å². The molecule has 0 unspecified atom stereocenters. The van der Waals surface area contributed by atoms with E-state index in [0.717, 1.165) is 10.7 Å². The Morgan fingerprint density at radius 2 is 2.05 bits per heavy atom. The molecule has 2 rings (SSSR count). The highest BCUT2D eigenvalue weighted by Gasteiger charge is 2.25. The summed E-state index contributed by atoms with van der Waals surface area (Å²) < 4.78 is 44.1.